The molecule has 3 aromatic rings. The van der Waals surface area contributed by atoms with Crippen LogP contribution in [-0.4, -0.2) is 39.1 Å². The highest BCUT2D eigenvalue weighted by atomic mass is 16.5. The number of likely N-dealkylation sites (tertiary alicyclic amines) is 1. The highest BCUT2D eigenvalue weighted by Gasteiger charge is 2.17. The molecule has 2 heterocycles. The van der Waals surface area contributed by atoms with E-state index >= 15 is 0 Å². The summed E-state index contributed by atoms with van der Waals surface area (Å²) in [6.07, 6.45) is 3.84. The van der Waals surface area contributed by atoms with Gasteiger partial charge in [-0.2, -0.15) is 0 Å². The number of aromatic nitrogens is 3. The number of carbonyl (C=O) groups is 1. The van der Waals surface area contributed by atoms with Crippen molar-refractivity contribution in [1.82, 2.24) is 20.1 Å². The van der Waals surface area contributed by atoms with Crippen LogP contribution in [0.15, 0.2) is 59.4 Å². The van der Waals surface area contributed by atoms with Crippen molar-refractivity contribution < 1.29 is 9.53 Å². The van der Waals surface area contributed by atoms with Crippen molar-refractivity contribution in [1.29, 1.82) is 0 Å². The molecule has 0 spiro atoms. The van der Waals surface area contributed by atoms with Crippen LogP contribution in [-0.2, 0) is 17.8 Å². The van der Waals surface area contributed by atoms with E-state index in [4.69, 9.17) is 4.74 Å². The first-order valence-corrected chi connectivity index (χ1v) is 10.7. The fraction of sp³-hybridized carbons (Fsp3) is 0.333. The van der Waals surface area contributed by atoms with Gasteiger partial charge in [-0.05, 0) is 37.0 Å². The number of amides is 1. The molecule has 1 amide bonds. The topological polar surface area (TPSA) is 88.2 Å². The Morgan fingerprint density at radius 3 is 2.58 bits per heavy atom. The molecular formula is C24H26N4O3. The average molecular weight is 418 g/mol. The molecule has 7 nitrogen and oxygen atoms in total. The number of piperidine rings is 1. The SMILES string of the molecule is O=C(CCc1nnc(-c2cccc(OCc3ccccc3)c2)[nH]c1=O)N1CCCCC1. The maximum atomic E-state index is 12.5. The lowest BCUT2D eigenvalue weighted by atomic mass is 10.1. The van der Waals surface area contributed by atoms with Gasteiger partial charge in [0.25, 0.3) is 5.56 Å². The number of nitrogens with one attached hydrogen (secondary N) is 1. The molecule has 0 unspecified atom stereocenters. The number of hydrogen-bond acceptors (Lipinski definition) is 5. The maximum Gasteiger partial charge on any atom is 0.273 e. The van der Waals surface area contributed by atoms with Gasteiger partial charge in [-0.25, -0.2) is 0 Å². The van der Waals surface area contributed by atoms with Gasteiger partial charge in [0, 0.05) is 31.5 Å². The number of nitrogens with zero attached hydrogens (tertiary/aromatic N) is 3. The Kier molecular flexibility index (Phi) is 6.72. The Hall–Kier alpha value is -3.48. The van der Waals surface area contributed by atoms with Gasteiger partial charge in [-0.15, -0.1) is 10.2 Å². The van der Waals surface area contributed by atoms with Crippen molar-refractivity contribution in [2.75, 3.05) is 13.1 Å². The van der Waals surface area contributed by atoms with Gasteiger partial charge in [-0.3, -0.25) is 9.59 Å². The van der Waals surface area contributed by atoms with E-state index in [1.807, 2.05) is 59.5 Å². The zero-order valence-corrected chi connectivity index (χ0v) is 17.4. The molecule has 7 heteroatoms. The lowest BCUT2D eigenvalue weighted by molar-refractivity contribution is -0.132. The highest BCUT2D eigenvalue weighted by Crippen LogP contribution is 2.21. The van der Waals surface area contributed by atoms with Crippen LogP contribution in [0.2, 0.25) is 0 Å². The molecule has 2 aromatic carbocycles. The van der Waals surface area contributed by atoms with Crippen LogP contribution < -0.4 is 10.3 Å². The minimum atomic E-state index is -0.313. The van der Waals surface area contributed by atoms with Crippen molar-refractivity contribution in [2.24, 2.45) is 0 Å². The summed E-state index contributed by atoms with van der Waals surface area (Å²) in [4.78, 5) is 29.5. The molecule has 0 atom stereocenters. The molecule has 160 valence electrons. The summed E-state index contributed by atoms with van der Waals surface area (Å²) < 4.78 is 5.85. The van der Waals surface area contributed by atoms with Gasteiger partial charge in [-0.1, -0.05) is 42.5 Å². The van der Waals surface area contributed by atoms with E-state index in [0.29, 0.717) is 23.7 Å². The second-order valence-electron chi connectivity index (χ2n) is 7.69. The van der Waals surface area contributed by atoms with Gasteiger partial charge in [0.2, 0.25) is 5.91 Å². The summed E-state index contributed by atoms with van der Waals surface area (Å²) in [5.41, 5.74) is 1.76. The van der Waals surface area contributed by atoms with E-state index in [-0.39, 0.29) is 30.0 Å². The van der Waals surface area contributed by atoms with Crippen LogP contribution in [0.5, 0.6) is 5.75 Å². The van der Waals surface area contributed by atoms with Crippen molar-refractivity contribution in [2.45, 2.75) is 38.7 Å². The Labute approximate surface area is 181 Å². The number of aryl methyl sites for hydroxylation is 1. The summed E-state index contributed by atoms with van der Waals surface area (Å²) in [5, 5.41) is 8.26. The highest BCUT2D eigenvalue weighted by molar-refractivity contribution is 5.76. The monoisotopic (exact) mass is 418 g/mol. The first kappa shape index (κ1) is 20.8. The summed E-state index contributed by atoms with van der Waals surface area (Å²) in [7, 11) is 0. The van der Waals surface area contributed by atoms with Crippen LogP contribution in [0, 0.1) is 0 Å². The smallest absolute Gasteiger partial charge is 0.273 e. The normalized spacial score (nSPS) is 13.7. The first-order chi connectivity index (χ1) is 15.2. The number of carbonyl (C=O) groups excluding carboxylic acids is 1. The Balaban J connectivity index is 1.39. The number of rotatable bonds is 7. The van der Waals surface area contributed by atoms with Crippen LogP contribution in [0.1, 0.15) is 36.9 Å². The van der Waals surface area contributed by atoms with E-state index in [0.717, 1.165) is 31.5 Å². The number of H-pyrrole nitrogens is 1. The van der Waals surface area contributed by atoms with Crippen molar-refractivity contribution in [3.05, 3.63) is 76.2 Å². The van der Waals surface area contributed by atoms with Crippen LogP contribution in [0.4, 0.5) is 0 Å². The lowest BCUT2D eigenvalue weighted by Crippen LogP contribution is -2.36. The van der Waals surface area contributed by atoms with Crippen molar-refractivity contribution in [3.63, 3.8) is 0 Å². The van der Waals surface area contributed by atoms with Crippen LogP contribution in [0.25, 0.3) is 11.4 Å². The molecule has 0 saturated carbocycles. The minimum absolute atomic E-state index is 0.0771. The Morgan fingerprint density at radius 2 is 1.81 bits per heavy atom. The summed E-state index contributed by atoms with van der Waals surface area (Å²) in [6, 6.07) is 17.3. The van der Waals surface area contributed by atoms with E-state index in [2.05, 4.69) is 15.2 Å². The zero-order valence-electron chi connectivity index (χ0n) is 17.4. The Morgan fingerprint density at radius 1 is 1.00 bits per heavy atom. The van der Waals surface area contributed by atoms with Crippen LogP contribution in [0.3, 0.4) is 0 Å². The molecule has 1 fully saturated rings. The predicted molar refractivity (Wildman–Crippen MR) is 118 cm³/mol. The van der Waals surface area contributed by atoms with Gasteiger partial charge in [0.15, 0.2) is 5.82 Å². The van der Waals surface area contributed by atoms with Gasteiger partial charge < -0.3 is 14.6 Å². The second kappa shape index (κ2) is 10.0. The second-order valence-corrected chi connectivity index (χ2v) is 7.69. The Bertz CT molecular complexity index is 1080. The molecule has 4 rings (SSSR count). The molecule has 0 aliphatic carbocycles. The summed E-state index contributed by atoms with van der Waals surface area (Å²) >= 11 is 0. The van der Waals surface area contributed by atoms with Gasteiger partial charge in [0.1, 0.15) is 18.1 Å². The molecule has 1 saturated heterocycles. The maximum absolute atomic E-state index is 12.5. The first-order valence-electron chi connectivity index (χ1n) is 10.7. The molecular weight excluding hydrogens is 392 g/mol. The molecule has 1 N–H and O–H groups in total. The standard InChI is InChI=1S/C24H26N4O3/c29-22(28-14-5-2-6-15-28)13-12-21-24(30)25-23(27-26-21)19-10-7-11-20(16-19)31-17-18-8-3-1-4-9-18/h1,3-4,7-11,16H,2,5-6,12-15,17H2,(H,25,27,30). The van der Waals surface area contributed by atoms with E-state index in [1.54, 1.807) is 0 Å². The number of aromatic amines is 1. The third kappa shape index (κ3) is 5.57. The fourth-order valence-corrected chi connectivity index (χ4v) is 3.65. The number of hydrogen-bond donors (Lipinski definition) is 1. The largest absolute Gasteiger partial charge is 0.489 e. The third-order valence-corrected chi connectivity index (χ3v) is 5.40. The van der Waals surface area contributed by atoms with Gasteiger partial charge in [0.05, 0.1) is 0 Å². The van der Waals surface area contributed by atoms with E-state index in [1.165, 1.54) is 6.42 Å². The summed E-state index contributed by atoms with van der Waals surface area (Å²) in [6.45, 7) is 2.07. The molecule has 0 radical (unpaired) electrons. The van der Waals surface area contributed by atoms with Gasteiger partial charge >= 0.3 is 0 Å². The average Bonchev–Trinajstić information content (AvgIpc) is 2.83. The molecule has 1 aromatic heterocycles. The lowest BCUT2D eigenvalue weighted by Gasteiger charge is -2.26. The fourth-order valence-electron chi connectivity index (χ4n) is 3.65. The third-order valence-electron chi connectivity index (χ3n) is 5.40. The van der Waals surface area contributed by atoms with E-state index < -0.39 is 0 Å². The van der Waals surface area contributed by atoms with Crippen LogP contribution >= 0.6 is 0 Å². The molecule has 1 aliphatic heterocycles. The molecule has 31 heavy (non-hydrogen) atoms. The minimum Gasteiger partial charge on any atom is -0.489 e. The number of ether oxygens (including phenoxy) is 1. The number of benzene rings is 2. The quantitative estimate of drug-likeness (QED) is 0.636. The van der Waals surface area contributed by atoms with E-state index in [9.17, 15) is 9.59 Å². The predicted octanol–water partition coefficient (Wildman–Crippen LogP) is 3.36. The van der Waals surface area contributed by atoms with Crippen molar-refractivity contribution >= 4 is 5.91 Å². The molecule has 1 aliphatic rings. The van der Waals surface area contributed by atoms with Crippen molar-refractivity contribution in [3.8, 4) is 17.1 Å². The zero-order chi connectivity index (χ0) is 21.5. The molecule has 0 bridgehead atoms. The summed E-state index contributed by atoms with van der Waals surface area (Å²) in [5.74, 6) is 1.13.